The minimum atomic E-state index is -3.11. The van der Waals surface area contributed by atoms with Crippen LogP contribution in [0.3, 0.4) is 0 Å². The summed E-state index contributed by atoms with van der Waals surface area (Å²) < 4.78 is 37.8. The van der Waals surface area contributed by atoms with Gasteiger partial charge < -0.3 is 4.57 Å². The molecule has 0 aliphatic heterocycles. The molecule has 1 aromatic carbocycles. The van der Waals surface area contributed by atoms with Crippen LogP contribution in [0.15, 0.2) is 18.2 Å². The Morgan fingerprint density at radius 2 is 2.13 bits per heavy atom. The van der Waals surface area contributed by atoms with Crippen molar-refractivity contribution in [2.24, 2.45) is 12.5 Å². The maximum atomic E-state index is 13.2. The highest BCUT2D eigenvalue weighted by molar-refractivity contribution is 7.90. The van der Waals surface area contributed by atoms with Gasteiger partial charge in [-0.2, -0.15) is 0 Å². The van der Waals surface area contributed by atoms with Crippen molar-refractivity contribution in [1.82, 2.24) is 9.55 Å². The van der Waals surface area contributed by atoms with Crippen molar-refractivity contribution in [3.63, 3.8) is 0 Å². The average Bonchev–Trinajstić information content (AvgIpc) is 3.06. The standard InChI is InChI=1S/C15H18FN3O3S/c1-19-12-4-3-10(16)7-11(12)17-14(19)18-13(20)8-15(5-6-15)9-23(2,21)22/h3-4,7H,5-6,8-9H2,1-2H3,(H,17,18,20). The average molecular weight is 339 g/mol. The van der Waals surface area contributed by atoms with E-state index in [2.05, 4.69) is 10.3 Å². The van der Waals surface area contributed by atoms with Crippen LogP contribution in [0, 0.1) is 11.2 Å². The van der Waals surface area contributed by atoms with Crippen molar-refractivity contribution < 1.29 is 17.6 Å². The highest BCUT2D eigenvalue weighted by Gasteiger charge is 2.46. The Hall–Kier alpha value is -1.96. The molecule has 1 fully saturated rings. The number of amides is 1. The highest BCUT2D eigenvalue weighted by atomic mass is 32.2. The molecule has 0 radical (unpaired) electrons. The summed E-state index contributed by atoms with van der Waals surface area (Å²) >= 11 is 0. The Bertz CT molecular complexity index is 885. The number of fused-ring (bicyclic) bond motifs is 1. The third-order valence-electron chi connectivity index (χ3n) is 4.16. The molecule has 1 saturated carbocycles. The summed E-state index contributed by atoms with van der Waals surface area (Å²) in [5, 5.41) is 2.70. The van der Waals surface area contributed by atoms with Crippen LogP contribution in [0.25, 0.3) is 11.0 Å². The Kier molecular flexibility index (Phi) is 3.66. The largest absolute Gasteiger partial charge is 0.313 e. The Balaban J connectivity index is 1.75. The maximum absolute atomic E-state index is 13.2. The number of anilines is 1. The zero-order chi connectivity index (χ0) is 16.8. The summed E-state index contributed by atoms with van der Waals surface area (Å²) in [5.41, 5.74) is 0.730. The molecule has 0 saturated heterocycles. The SMILES string of the molecule is Cn1c(NC(=O)CC2(CS(C)(=O)=O)CC2)nc2cc(F)ccc21. The van der Waals surface area contributed by atoms with E-state index in [1.165, 1.54) is 18.4 Å². The second-order valence-corrected chi connectivity index (χ2v) is 8.56. The Labute approximate surface area is 133 Å². The molecule has 1 N–H and O–H groups in total. The number of nitrogens with one attached hydrogen (secondary N) is 1. The first-order valence-electron chi connectivity index (χ1n) is 7.27. The summed E-state index contributed by atoms with van der Waals surface area (Å²) in [5.74, 6) is -0.310. The van der Waals surface area contributed by atoms with E-state index in [1.54, 1.807) is 17.7 Å². The lowest BCUT2D eigenvalue weighted by atomic mass is 10.1. The molecule has 6 nitrogen and oxygen atoms in total. The van der Waals surface area contributed by atoms with Gasteiger partial charge in [-0.3, -0.25) is 10.1 Å². The predicted octanol–water partition coefficient (Wildman–Crippen LogP) is 1.87. The van der Waals surface area contributed by atoms with Gasteiger partial charge in [0.2, 0.25) is 11.9 Å². The molecule has 23 heavy (non-hydrogen) atoms. The van der Waals surface area contributed by atoms with Crippen LogP contribution in [-0.2, 0) is 21.7 Å². The van der Waals surface area contributed by atoms with E-state index in [0.717, 1.165) is 12.8 Å². The molecule has 0 atom stereocenters. The first-order chi connectivity index (χ1) is 10.7. The van der Waals surface area contributed by atoms with Crippen molar-refractivity contribution >= 4 is 32.7 Å². The lowest BCUT2D eigenvalue weighted by Gasteiger charge is -2.13. The summed E-state index contributed by atoms with van der Waals surface area (Å²) in [6, 6.07) is 4.23. The molecule has 1 aliphatic carbocycles. The van der Waals surface area contributed by atoms with E-state index in [4.69, 9.17) is 0 Å². The number of halogens is 1. The quantitative estimate of drug-likeness (QED) is 0.902. The van der Waals surface area contributed by atoms with E-state index in [9.17, 15) is 17.6 Å². The number of nitrogens with zero attached hydrogens (tertiary/aromatic N) is 2. The number of rotatable bonds is 5. The monoisotopic (exact) mass is 339 g/mol. The zero-order valence-corrected chi connectivity index (χ0v) is 13.8. The molecule has 0 spiro atoms. The molecular formula is C15H18FN3O3S. The topological polar surface area (TPSA) is 81.1 Å². The third kappa shape index (κ3) is 3.52. The number of imidazole rings is 1. The van der Waals surface area contributed by atoms with Crippen molar-refractivity contribution in [1.29, 1.82) is 0 Å². The molecule has 8 heteroatoms. The van der Waals surface area contributed by atoms with Crippen LogP contribution in [0.2, 0.25) is 0 Å². The smallest absolute Gasteiger partial charge is 0.227 e. The lowest BCUT2D eigenvalue weighted by Crippen LogP contribution is -2.24. The molecule has 1 aromatic heterocycles. The van der Waals surface area contributed by atoms with Crippen molar-refractivity contribution in [3.05, 3.63) is 24.0 Å². The van der Waals surface area contributed by atoms with Crippen molar-refractivity contribution in [3.8, 4) is 0 Å². The number of hydrogen-bond acceptors (Lipinski definition) is 4. The fraction of sp³-hybridized carbons (Fsp3) is 0.467. The first kappa shape index (κ1) is 15.9. The van der Waals surface area contributed by atoms with E-state index in [1.807, 2.05) is 0 Å². The van der Waals surface area contributed by atoms with Gasteiger partial charge in [0.15, 0.2) is 0 Å². The van der Waals surface area contributed by atoms with Crippen LogP contribution in [-0.4, -0.2) is 35.9 Å². The van der Waals surface area contributed by atoms with E-state index in [0.29, 0.717) is 17.0 Å². The van der Waals surface area contributed by atoms with Crippen LogP contribution < -0.4 is 5.32 Å². The summed E-state index contributed by atoms with van der Waals surface area (Å²) in [6.45, 7) is 0. The fourth-order valence-corrected chi connectivity index (χ4v) is 4.40. The minimum absolute atomic E-state index is 0.0289. The van der Waals surface area contributed by atoms with Gasteiger partial charge in [-0.25, -0.2) is 17.8 Å². The molecule has 3 rings (SSSR count). The van der Waals surface area contributed by atoms with Gasteiger partial charge in [0.05, 0.1) is 16.8 Å². The number of hydrogen-bond donors (Lipinski definition) is 1. The van der Waals surface area contributed by atoms with E-state index in [-0.39, 0.29) is 18.1 Å². The molecule has 0 bridgehead atoms. The fourth-order valence-electron chi connectivity index (χ4n) is 2.90. The van der Waals surface area contributed by atoms with Crippen LogP contribution >= 0.6 is 0 Å². The molecule has 1 aliphatic rings. The molecule has 1 amide bonds. The summed E-state index contributed by atoms with van der Waals surface area (Å²) in [7, 11) is -1.39. The Morgan fingerprint density at radius 1 is 1.43 bits per heavy atom. The van der Waals surface area contributed by atoms with Crippen molar-refractivity contribution in [2.75, 3.05) is 17.3 Å². The number of sulfone groups is 1. The number of carbonyl (C=O) groups is 1. The Morgan fingerprint density at radius 3 is 2.74 bits per heavy atom. The maximum Gasteiger partial charge on any atom is 0.227 e. The number of aryl methyl sites for hydroxylation is 1. The molecular weight excluding hydrogens is 321 g/mol. The van der Waals surface area contributed by atoms with E-state index < -0.39 is 21.1 Å². The molecule has 124 valence electrons. The number of benzene rings is 1. The molecule has 1 heterocycles. The highest BCUT2D eigenvalue weighted by Crippen LogP contribution is 2.49. The van der Waals surface area contributed by atoms with Gasteiger partial charge in [-0.15, -0.1) is 0 Å². The van der Waals surface area contributed by atoms with Gasteiger partial charge in [-0.1, -0.05) is 0 Å². The normalized spacial score (nSPS) is 16.5. The molecule has 2 aromatic rings. The van der Waals surface area contributed by atoms with Gasteiger partial charge >= 0.3 is 0 Å². The summed E-state index contributed by atoms with van der Waals surface area (Å²) in [4.78, 5) is 16.4. The van der Waals surface area contributed by atoms with Crippen LogP contribution in [0.4, 0.5) is 10.3 Å². The number of carbonyl (C=O) groups excluding carboxylic acids is 1. The summed E-state index contributed by atoms with van der Waals surface area (Å²) in [6.07, 6.45) is 2.81. The van der Waals surface area contributed by atoms with Gasteiger partial charge in [0.25, 0.3) is 0 Å². The van der Waals surface area contributed by atoms with Crippen LogP contribution in [0.5, 0.6) is 0 Å². The van der Waals surface area contributed by atoms with Gasteiger partial charge in [0, 0.05) is 25.8 Å². The van der Waals surface area contributed by atoms with E-state index >= 15 is 0 Å². The first-order valence-corrected chi connectivity index (χ1v) is 9.33. The van der Waals surface area contributed by atoms with Gasteiger partial charge in [0.1, 0.15) is 15.7 Å². The lowest BCUT2D eigenvalue weighted by molar-refractivity contribution is -0.117. The van der Waals surface area contributed by atoms with Crippen molar-refractivity contribution in [2.45, 2.75) is 19.3 Å². The second-order valence-electron chi connectivity index (χ2n) is 6.42. The van der Waals surface area contributed by atoms with Gasteiger partial charge in [-0.05, 0) is 30.4 Å². The van der Waals surface area contributed by atoms with Crippen LogP contribution in [0.1, 0.15) is 19.3 Å². The number of aromatic nitrogens is 2. The predicted molar refractivity (Wildman–Crippen MR) is 85.3 cm³/mol. The second kappa shape index (κ2) is 5.30. The zero-order valence-electron chi connectivity index (χ0n) is 13.0. The third-order valence-corrected chi connectivity index (χ3v) is 5.29. The minimum Gasteiger partial charge on any atom is -0.313 e. The molecule has 0 unspecified atom stereocenters.